The summed E-state index contributed by atoms with van der Waals surface area (Å²) in [6.07, 6.45) is 7.67. The van der Waals surface area contributed by atoms with Crippen molar-refractivity contribution in [1.29, 1.82) is 0 Å². The number of nitrogens with one attached hydrogen (secondary N) is 1. The molecule has 5 rings (SSSR count). The van der Waals surface area contributed by atoms with E-state index in [1.807, 2.05) is 0 Å². The minimum Gasteiger partial charge on any atom is -0.304 e. The number of hydrogen-bond acceptors (Lipinski definition) is 3. The lowest BCUT2D eigenvalue weighted by Gasteiger charge is -2.55. The fourth-order valence-corrected chi connectivity index (χ4v) is 5.28. The van der Waals surface area contributed by atoms with Gasteiger partial charge in [-0.25, -0.2) is 5.01 Å². The van der Waals surface area contributed by atoms with E-state index in [2.05, 4.69) is 22.4 Å². The van der Waals surface area contributed by atoms with E-state index in [9.17, 15) is 0 Å². The Morgan fingerprint density at radius 3 is 1.89 bits per heavy atom. The largest absolute Gasteiger partial charge is 0.304 e. The van der Waals surface area contributed by atoms with Crippen molar-refractivity contribution < 1.29 is 0 Å². The molecular weight excluding hydrogens is 222 g/mol. The van der Waals surface area contributed by atoms with Crippen molar-refractivity contribution in [3.05, 3.63) is 0 Å². The average molecular weight is 249 g/mol. The van der Waals surface area contributed by atoms with Gasteiger partial charge in [-0.15, -0.1) is 0 Å². The summed E-state index contributed by atoms with van der Waals surface area (Å²) in [5.74, 6) is 4.19. The first-order valence-corrected chi connectivity index (χ1v) is 7.97. The molecule has 102 valence electrons. The summed E-state index contributed by atoms with van der Waals surface area (Å²) < 4.78 is 0. The fraction of sp³-hybridized carbons (Fsp3) is 1.00. The summed E-state index contributed by atoms with van der Waals surface area (Å²) in [6.45, 7) is 4.86. The Morgan fingerprint density at radius 1 is 0.778 bits per heavy atom. The highest BCUT2D eigenvalue weighted by molar-refractivity contribution is 5.01. The van der Waals surface area contributed by atoms with Gasteiger partial charge in [0, 0.05) is 32.2 Å². The molecule has 1 heterocycles. The lowest BCUT2D eigenvalue weighted by Crippen LogP contribution is -2.61. The molecule has 5 fully saturated rings. The van der Waals surface area contributed by atoms with Crippen LogP contribution in [0.15, 0.2) is 0 Å². The highest BCUT2D eigenvalue weighted by atomic mass is 15.5. The van der Waals surface area contributed by atoms with Crippen LogP contribution >= 0.6 is 0 Å². The molecule has 0 aromatic rings. The van der Waals surface area contributed by atoms with Crippen molar-refractivity contribution in [3.8, 4) is 0 Å². The van der Waals surface area contributed by atoms with Gasteiger partial charge in [0.1, 0.15) is 0 Å². The molecule has 0 radical (unpaired) electrons. The average Bonchev–Trinajstić information content (AvgIpc) is 2.35. The van der Waals surface area contributed by atoms with E-state index >= 15 is 0 Å². The highest BCUT2D eigenvalue weighted by Crippen LogP contribution is 2.53. The van der Waals surface area contributed by atoms with Crippen LogP contribution in [0.1, 0.15) is 32.1 Å². The van der Waals surface area contributed by atoms with E-state index in [-0.39, 0.29) is 0 Å². The molecule has 1 N–H and O–H groups in total. The van der Waals surface area contributed by atoms with Gasteiger partial charge >= 0.3 is 0 Å². The van der Waals surface area contributed by atoms with E-state index in [1.165, 1.54) is 51.9 Å². The van der Waals surface area contributed by atoms with E-state index in [0.29, 0.717) is 0 Å². The zero-order valence-corrected chi connectivity index (χ0v) is 11.6. The predicted molar refractivity (Wildman–Crippen MR) is 73.0 cm³/mol. The van der Waals surface area contributed by atoms with Gasteiger partial charge in [0.05, 0.1) is 0 Å². The highest BCUT2D eigenvalue weighted by Gasteiger charge is 2.48. The number of rotatable bonds is 2. The van der Waals surface area contributed by atoms with Crippen LogP contribution in [-0.2, 0) is 0 Å². The smallest absolute Gasteiger partial charge is 0.0272 e. The Hall–Kier alpha value is -0.120. The molecule has 18 heavy (non-hydrogen) atoms. The summed E-state index contributed by atoms with van der Waals surface area (Å²) in [4.78, 5) is 2.44. The molecule has 0 atom stereocenters. The molecule has 4 saturated carbocycles. The second-order valence-corrected chi connectivity index (χ2v) is 7.38. The normalized spacial score (nSPS) is 48.8. The first-order valence-electron chi connectivity index (χ1n) is 7.97. The molecule has 4 aliphatic carbocycles. The number of nitrogens with zero attached hydrogens (tertiary/aromatic N) is 2. The molecule has 0 aromatic carbocycles. The van der Waals surface area contributed by atoms with Crippen LogP contribution in [0.5, 0.6) is 0 Å². The summed E-state index contributed by atoms with van der Waals surface area (Å²) in [6, 6.07) is 0.821. The molecule has 0 unspecified atom stereocenters. The van der Waals surface area contributed by atoms with Crippen molar-refractivity contribution in [2.75, 3.05) is 33.2 Å². The van der Waals surface area contributed by atoms with Crippen molar-refractivity contribution in [2.45, 2.75) is 38.1 Å². The van der Waals surface area contributed by atoms with Crippen LogP contribution in [-0.4, -0.2) is 49.2 Å². The lowest BCUT2D eigenvalue weighted by molar-refractivity contribution is -0.0501. The molecule has 0 spiro atoms. The summed E-state index contributed by atoms with van der Waals surface area (Å²) >= 11 is 0. The minimum absolute atomic E-state index is 0.821. The van der Waals surface area contributed by atoms with Gasteiger partial charge in [0.15, 0.2) is 0 Å². The lowest BCUT2D eigenvalue weighted by atomic mass is 9.54. The topological polar surface area (TPSA) is 18.5 Å². The fourth-order valence-electron chi connectivity index (χ4n) is 5.28. The number of piperazine rings is 1. The summed E-state index contributed by atoms with van der Waals surface area (Å²) in [5.41, 5.74) is 3.93. The van der Waals surface area contributed by atoms with Crippen LogP contribution in [0.25, 0.3) is 0 Å². The molecular formula is C15H27N3. The van der Waals surface area contributed by atoms with Crippen LogP contribution in [0.3, 0.4) is 0 Å². The summed E-state index contributed by atoms with van der Waals surface area (Å²) in [5, 5.41) is 2.52. The van der Waals surface area contributed by atoms with Gasteiger partial charge in [-0.05, 0) is 62.8 Å². The minimum atomic E-state index is 0.821. The quantitative estimate of drug-likeness (QED) is 0.801. The standard InChI is InChI=1S/C15H27N3/c1-17-2-4-18(5-3-17)16-15-13-7-11-6-12(9-13)10-14(15)8-11/h11-16H,2-10H2,1H3. The Labute approximate surface area is 111 Å². The zero-order valence-electron chi connectivity index (χ0n) is 11.6. The Kier molecular flexibility index (Phi) is 2.90. The maximum Gasteiger partial charge on any atom is 0.0272 e. The SMILES string of the molecule is CN1CCN(NC2C3CC4CC(C3)CC2C4)CC1. The first-order chi connectivity index (χ1) is 8.78. The maximum atomic E-state index is 3.93. The third-order valence-electron chi connectivity index (χ3n) is 6.06. The van der Waals surface area contributed by atoms with Crippen molar-refractivity contribution in [1.82, 2.24) is 15.3 Å². The first kappa shape index (κ1) is 11.7. The van der Waals surface area contributed by atoms with E-state index in [1.54, 1.807) is 6.42 Å². The van der Waals surface area contributed by atoms with Crippen molar-refractivity contribution in [3.63, 3.8) is 0 Å². The van der Waals surface area contributed by atoms with Gasteiger partial charge in [-0.1, -0.05) is 0 Å². The predicted octanol–water partition coefficient (Wildman–Crippen LogP) is 1.56. The summed E-state index contributed by atoms with van der Waals surface area (Å²) in [7, 11) is 2.24. The zero-order chi connectivity index (χ0) is 12.1. The van der Waals surface area contributed by atoms with E-state index in [4.69, 9.17) is 0 Å². The molecule has 1 saturated heterocycles. The third kappa shape index (κ3) is 2.00. The third-order valence-corrected chi connectivity index (χ3v) is 6.06. The van der Waals surface area contributed by atoms with Gasteiger partial charge < -0.3 is 4.90 Å². The number of hydrogen-bond donors (Lipinski definition) is 1. The van der Waals surface area contributed by atoms with Crippen LogP contribution < -0.4 is 5.43 Å². The Bertz CT molecular complexity index is 281. The van der Waals surface area contributed by atoms with Gasteiger partial charge in [-0.3, -0.25) is 5.43 Å². The van der Waals surface area contributed by atoms with Gasteiger partial charge in [0.25, 0.3) is 0 Å². The molecule has 0 aromatic heterocycles. The molecule has 3 nitrogen and oxygen atoms in total. The van der Waals surface area contributed by atoms with Gasteiger partial charge in [0.2, 0.25) is 0 Å². The Morgan fingerprint density at radius 2 is 1.33 bits per heavy atom. The molecule has 1 aliphatic heterocycles. The van der Waals surface area contributed by atoms with Crippen LogP contribution in [0, 0.1) is 23.7 Å². The van der Waals surface area contributed by atoms with E-state index in [0.717, 1.165) is 29.7 Å². The second kappa shape index (κ2) is 4.46. The van der Waals surface area contributed by atoms with E-state index < -0.39 is 0 Å². The molecule has 3 heteroatoms. The van der Waals surface area contributed by atoms with Gasteiger partial charge in [-0.2, -0.15) is 0 Å². The molecule has 5 aliphatic rings. The maximum absolute atomic E-state index is 3.93. The van der Waals surface area contributed by atoms with Crippen molar-refractivity contribution in [2.24, 2.45) is 23.7 Å². The van der Waals surface area contributed by atoms with Crippen LogP contribution in [0.2, 0.25) is 0 Å². The Balaban J connectivity index is 1.40. The monoisotopic (exact) mass is 249 g/mol. The second-order valence-electron chi connectivity index (χ2n) is 7.38. The number of likely N-dealkylation sites (N-methyl/N-ethyl adjacent to an activating group) is 1. The molecule has 0 amide bonds. The number of hydrazine groups is 1. The van der Waals surface area contributed by atoms with Crippen LogP contribution in [0.4, 0.5) is 0 Å². The van der Waals surface area contributed by atoms with Crippen molar-refractivity contribution >= 4 is 0 Å². The molecule has 4 bridgehead atoms.